The third-order valence-electron chi connectivity index (χ3n) is 3.62. The maximum absolute atomic E-state index is 12.0. The van der Waals surface area contributed by atoms with Gasteiger partial charge in [-0.1, -0.05) is 12.1 Å². The van der Waals surface area contributed by atoms with Crippen LogP contribution in [-0.4, -0.2) is 26.0 Å². The van der Waals surface area contributed by atoms with Crippen LogP contribution in [0.3, 0.4) is 0 Å². The summed E-state index contributed by atoms with van der Waals surface area (Å²) in [6.45, 7) is 3.72. The second-order valence-corrected chi connectivity index (χ2v) is 4.97. The molecule has 1 heterocycles. The fourth-order valence-electron chi connectivity index (χ4n) is 2.44. The van der Waals surface area contributed by atoms with Gasteiger partial charge in [-0.3, -0.25) is 9.59 Å². The fourth-order valence-corrected chi connectivity index (χ4v) is 2.44. The van der Waals surface area contributed by atoms with E-state index in [1.165, 1.54) is 7.11 Å². The van der Waals surface area contributed by atoms with E-state index < -0.39 is 5.41 Å². The summed E-state index contributed by atoms with van der Waals surface area (Å²) in [5.41, 5.74) is 1.81. The van der Waals surface area contributed by atoms with Crippen LogP contribution in [0.1, 0.15) is 24.5 Å². The lowest BCUT2D eigenvalue weighted by atomic mass is 9.75. The molecule has 0 spiro atoms. The van der Waals surface area contributed by atoms with Crippen molar-refractivity contribution in [3.05, 3.63) is 29.3 Å². The smallest absolute Gasteiger partial charge is 0.316 e. The zero-order chi connectivity index (χ0) is 13.5. The van der Waals surface area contributed by atoms with Gasteiger partial charge in [-0.2, -0.15) is 0 Å². The zero-order valence-corrected chi connectivity index (χ0v) is 11.1. The fraction of sp³-hybridized carbons (Fsp3) is 0.429. The molecule has 18 heavy (non-hydrogen) atoms. The summed E-state index contributed by atoms with van der Waals surface area (Å²) in [7, 11) is 3.09. The second-order valence-electron chi connectivity index (χ2n) is 4.97. The molecule has 0 radical (unpaired) electrons. The molecule has 0 aliphatic carbocycles. The van der Waals surface area contributed by atoms with Gasteiger partial charge >= 0.3 is 5.97 Å². The number of anilines is 1. The van der Waals surface area contributed by atoms with Gasteiger partial charge < -0.3 is 9.64 Å². The van der Waals surface area contributed by atoms with Gasteiger partial charge in [0.15, 0.2) is 0 Å². The largest absolute Gasteiger partial charge is 0.468 e. The van der Waals surface area contributed by atoms with Crippen molar-refractivity contribution < 1.29 is 14.3 Å². The Hall–Kier alpha value is -1.84. The number of hydrogen-bond donors (Lipinski definition) is 0. The van der Waals surface area contributed by atoms with Crippen LogP contribution in [0.2, 0.25) is 0 Å². The number of fused-ring (bicyclic) bond motifs is 1. The Balaban J connectivity index is 2.65. The van der Waals surface area contributed by atoms with Crippen LogP contribution in [0.15, 0.2) is 18.2 Å². The van der Waals surface area contributed by atoms with Gasteiger partial charge in [-0.15, -0.1) is 0 Å². The number of esters is 1. The Morgan fingerprint density at radius 1 is 1.44 bits per heavy atom. The highest BCUT2D eigenvalue weighted by molar-refractivity contribution is 6.03. The number of benzene rings is 1. The average Bonchev–Trinajstić information content (AvgIpc) is 2.34. The summed E-state index contributed by atoms with van der Waals surface area (Å²) in [5, 5.41) is 0. The first kappa shape index (κ1) is 12.6. The lowest BCUT2D eigenvalue weighted by Gasteiger charge is -2.37. The van der Waals surface area contributed by atoms with Crippen molar-refractivity contribution >= 4 is 17.6 Å². The SMILES string of the molecule is COC(=O)[C@]1(C)CC(=O)N(C)c2cc(C)ccc21. The number of hydrogen-bond acceptors (Lipinski definition) is 3. The number of aryl methyl sites for hydroxylation is 1. The Kier molecular flexibility index (Phi) is 2.89. The molecule has 0 fully saturated rings. The van der Waals surface area contributed by atoms with Gasteiger partial charge in [0.1, 0.15) is 5.41 Å². The van der Waals surface area contributed by atoms with E-state index in [0.717, 1.165) is 16.8 Å². The minimum Gasteiger partial charge on any atom is -0.468 e. The first-order valence-corrected chi connectivity index (χ1v) is 5.86. The molecule has 0 bridgehead atoms. The van der Waals surface area contributed by atoms with E-state index >= 15 is 0 Å². The van der Waals surface area contributed by atoms with E-state index in [2.05, 4.69) is 0 Å². The van der Waals surface area contributed by atoms with Crippen LogP contribution < -0.4 is 4.90 Å². The number of carbonyl (C=O) groups is 2. The lowest BCUT2D eigenvalue weighted by molar-refractivity contribution is -0.149. The van der Waals surface area contributed by atoms with E-state index in [0.29, 0.717) is 0 Å². The summed E-state index contributed by atoms with van der Waals surface area (Å²) >= 11 is 0. The highest BCUT2D eigenvalue weighted by Gasteiger charge is 2.45. The molecule has 0 aromatic heterocycles. The van der Waals surface area contributed by atoms with Crippen molar-refractivity contribution in [2.45, 2.75) is 25.7 Å². The summed E-state index contributed by atoms with van der Waals surface area (Å²) in [5.74, 6) is -0.435. The molecule has 1 aromatic carbocycles. The Bertz CT molecular complexity index is 524. The van der Waals surface area contributed by atoms with E-state index in [4.69, 9.17) is 4.74 Å². The van der Waals surface area contributed by atoms with Gasteiger partial charge in [0.25, 0.3) is 0 Å². The first-order valence-electron chi connectivity index (χ1n) is 5.86. The molecule has 1 atom stereocenters. The molecule has 96 valence electrons. The number of rotatable bonds is 1. The van der Waals surface area contributed by atoms with Gasteiger partial charge in [-0.25, -0.2) is 0 Å². The highest BCUT2D eigenvalue weighted by atomic mass is 16.5. The number of methoxy groups -OCH3 is 1. The van der Waals surface area contributed by atoms with Gasteiger partial charge in [-0.05, 0) is 31.0 Å². The molecule has 0 saturated heterocycles. The standard InChI is InChI=1S/C14H17NO3/c1-9-5-6-10-11(7-9)15(3)12(16)8-14(10,2)13(17)18-4/h5-7H,8H2,1-4H3/t14-/m1/s1. The van der Waals surface area contributed by atoms with Crippen molar-refractivity contribution in [1.82, 2.24) is 0 Å². The molecular formula is C14H17NO3. The van der Waals surface area contributed by atoms with E-state index in [-0.39, 0.29) is 18.3 Å². The predicted molar refractivity (Wildman–Crippen MR) is 68.6 cm³/mol. The third-order valence-corrected chi connectivity index (χ3v) is 3.62. The highest BCUT2D eigenvalue weighted by Crippen LogP contribution is 2.41. The van der Waals surface area contributed by atoms with Crippen LogP contribution in [-0.2, 0) is 19.7 Å². The Morgan fingerprint density at radius 3 is 2.72 bits per heavy atom. The molecule has 1 amide bonds. The summed E-state index contributed by atoms with van der Waals surface area (Å²) in [4.78, 5) is 25.6. The van der Waals surface area contributed by atoms with E-state index in [9.17, 15) is 9.59 Å². The number of amides is 1. The van der Waals surface area contributed by atoms with Gasteiger partial charge in [0.05, 0.1) is 7.11 Å². The maximum atomic E-state index is 12.0. The maximum Gasteiger partial charge on any atom is 0.316 e. The van der Waals surface area contributed by atoms with E-state index in [1.807, 2.05) is 25.1 Å². The molecule has 2 rings (SSSR count). The van der Waals surface area contributed by atoms with Crippen LogP contribution in [0, 0.1) is 6.92 Å². The van der Waals surface area contributed by atoms with Crippen LogP contribution >= 0.6 is 0 Å². The summed E-state index contributed by atoms with van der Waals surface area (Å²) in [6, 6.07) is 5.78. The Morgan fingerprint density at radius 2 is 2.11 bits per heavy atom. The molecule has 4 nitrogen and oxygen atoms in total. The molecule has 0 unspecified atom stereocenters. The quantitative estimate of drug-likeness (QED) is 0.711. The topological polar surface area (TPSA) is 46.6 Å². The molecule has 1 aliphatic rings. The van der Waals surface area contributed by atoms with E-state index in [1.54, 1.807) is 18.9 Å². The average molecular weight is 247 g/mol. The molecular weight excluding hydrogens is 230 g/mol. The number of ether oxygens (including phenoxy) is 1. The zero-order valence-electron chi connectivity index (χ0n) is 11.1. The number of carbonyl (C=O) groups excluding carboxylic acids is 2. The van der Waals surface area contributed by atoms with Crippen LogP contribution in [0.25, 0.3) is 0 Å². The molecule has 4 heteroatoms. The number of nitrogens with zero attached hydrogens (tertiary/aromatic N) is 1. The van der Waals surface area contributed by atoms with Gasteiger partial charge in [0, 0.05) is 19.2 Å². The third kappa shape index (κ3) is 1.68. The lowest BCUT2D eigenvalue weighted by Crippen LogP contribution is -2.46. The van der Waals surface area contributed by atoms with Crippen LogP contribution in [0.4, 0.5) is 5.69 Å². The molecule has 0 saturated carbocycles. The molecule has 1 aromatic rings. The van der Waals surface area contributed by atoms with Crippen molar-refractivity contribution in [3.63, 3.8) is 0 Å². The summed E-state index contributed by atoms with van der Waals surface area (Å²) < 4.78 is 4.85. The van der Waals surface area contributed by atoms with Crippen molar-refractivity contribution in [2.24, 2.45) is 0 Å². The molecule has 1 aliphatic heterocycles. The van der Waals surface area contributed by atoms with Crippen molar-refractivity contribution in [1.29, 1.82) is 0 Å². The monoisotopic (exact) mass is 247 g/mol. The first-order chi connectivity index (χ1) is 8.40. The van der Waals surface area contributed by atoms with Crippen molar-refractivity contribution in [2.75, 3.05) is 19.1 Å². The second kappa shape index (κ2) is 4.12. The molecule has 0 N–H and O–H groups in total. The van der Waals surface area contributed by atoms with Crippen molar-refractivity contribution in [3.8, 4) is 0 Å². The van der Waals surface area contributed by atoms with Crippen LogP contribution in [0.5, 0.6) is 0 Å². The predicted octanol–water partition coefficient (Wildman–Crippen LogP) is 1.79. The summed E-state index contributed by atoms with van der Waals surface area (Å²) in [6.07, 6.45) is 0.145. The minimum absolute atomic E-state index is 0.0685. The normalized spacial score (nSPS) is 22.7. The minimum atomic E-state index is -0.888. The van der Waals surface area contributed by atoms with Gasteiger partial charge in [0.2, 0.25) is 5.91 Å². The Labute approximate surface area is 107 Å².